The maximum Gasteiger partial charge on any atom is 0.224 e. The average Bonchev–Trinajstić information content (AvgIpc) is 2.89. The Hall–Kier alpha value is -1.64. The van der Waals surface area contributed by atoms with Crippen LogP contribution in [-0.4, -0.2) is 12.2 Å². The second-order valence-corrected chi connectivity index (χ2v) is 5.16. The average molecular weight is 231 g/mol. The molecule has 1 fully saturated rings. The van der Waals surface area contributed by atoms with Crippen molar-refractivity contribution < 1.29 is 9.59 Å². The minimum atomic E-state index is -0.178. The zero-order valence-electron chi connectivity index (χ0n) is 10.1. The van der Waals surface area contributed by atoms with Crippen LogP contribution >= 0.6 is 0 Å². The molecular weight excluding hydrogens is 214 g/mol. The van der Waals surface area contributed by atoms with Crippen LogP contribution in [-0.2, 0) is 16.1 Å². The van der Waals surface area contributed by atoms with Gasteiger partial charge in [0.25, 0.3) is 0 Å². The second kappa shape index (κ2) is 4.32. The molecule has 1 aromatic carbocycles. The highest BCUT2D eigenvalue weighted by molar-refractivity contribution is 5.88. The Morgan fingerprint density at radius 1 is 1.35 bits per heavy atom. The molecule has 0 radical (unpaired) electrons. The molecule has 17 heavy (non-hydrogen) atoms. The van der Waals surface area contributed by atoms with Crippen LogP contribution in [0.1, 0.15) is 19.4 Å². The maximum absolute atomic E-state index is 11.9. The van der Waals surface area contributed by atoms with Gasteiger partial charge in [-0.3, -0.25) is 4.79 Å². The lowest BCUT2D eigenvalue weighted by Gasteiger charge is -2.06. The quantitative estimate of drug-likeness (QED) is 0.803. The summed E-state index contributed by atoms with van der Waals surface area (Å²) in [4.78, 5) is 22.7. The molecule has 3 heteroatoms. The van der Waals surface area contributed by atoms with E-state index in [4.69, 9.17) is 0 Å². The van der Waals surface area contributed by atoms with Gasteiger partial charge in [0.2, 0.25) is 5.91 Å². The van der Waals surface area contributed by atoms with E-state index in [0.717, 1.165) is 11.8 Å². The predicted molar refractivity (Wildman–Crippen MR) is 65.1 cm³/mol. The summed E-state index contributed by atoms with van der Waals surface area (Å²) >= 11 is 0. The van der Waals surface area contributed by atoms with Crippen LogP contribution in [0.25, 0.3) is 0 Å². The molecule has 0 aliphatic heterocycles. The van der Waals surface area contributed by atoms with E-state index in [1.165, 1.54) is 0 Å². The lowest BCUT2D eigenvalue weighted by atomic mass is 10.1. The first-order chi connectivity index (χ1) is 8.07. The van der Waals surface area contributed by atoms with Gasteiger partial charge in [-0.2, -0.15) is 0 Å². The van der Waals surface area contributed by atoms with Crippen molar-refractivity contribution in [2.75, 3.05) is 0 Å². The van der Waals surface area contributed by atoms with Crippen molar-refractivity contribution in [3.8, 4) is 0 Å². The number of hydrogen-bond acceptors (Lipinski definition) is 2. The molecule has 2 rings (SSSR count). The first-order valence-electron chi connectivity index (χ1n) is 5.84. The highest BCUT2D eigenvalue weighted by atomic mass is 16.2. The van der Waals surface area contributed by atoms with Gasteiger partial charge < -0.3 is 10.1 Å². The number of amides is 1. The molecule has 0 heterocycles. The number of carbonyl (C=O) groups excluding carboxylic acids is 2. The molecule has 2 atom stereocenters. The van der Waals surface area contributed by atoms with E-state index in [-0.39, 0.29) is 23.2 Å². The second-order valence-electron chi connectivity index (χ2n) is 5.16. The minimum absolute atomic E-state index is 0.0176. The molecular formula is C14H17NO2. The van der Waals surface area contributed by atoms with Gasteiger partial charge in [0, 0.05) is 12.5 Å². The third kappa shape index (κ3) is 2.23. The first kappa shape index (κ1) is 11.8. The lowest BCUT2D eigenvalue weighted by Crippen LogP contribution is -2.26. The summed E-state index contributed by atoms with van der Waals surface area (Å²) < 4.78 is 0. The van der Waals surface area contributed by atoms with E-state index in [1.54, 1.807) is 0 Å². The van der Waals surface area contributed by atoms with Gasteiger partial charge >= 0.3 is 0 Å². The number of nitrogens with one attached hydrogen (secondary N) is 1. The minimum Gasteiger partial charge on any atom is -0.352 e. The van der Waals surface area contributed by atoms with Gasteiger partial charge in [-0.1, -0.05) is 44.2 Å². The highest BCUT2D eigenvalue weighted by Gasteiger charge is 2.61. The van der Waals surface area contributed by atoms with Crippen molar-refractivity contribution in [2.24, 2.45) is 17.3 Å². The fourth-order valence-electron chi connectivity index (χ4n) is 2.33. The molecule has 1 N–H and O–H groups in total. The van der Waals surface area contributed by atoms with Crippen LogP contribution < -0.4 is 5.32 Å². The first-order valence-corrected chi connectivity index (χ1v) is 5.84. The van der Waals surface area contributed by atoms with Gasteiger partial charge in [-0.15, -0.1) is 0 Å². The van der Waals surface area contributed by atoms with Gasteiger partial charge in [-0.05, 0) is 11.0 Å². The van der Waals surface area contributed by atoms with E-state index in [9.17, 15) is 9.59 Å². The molecule has 1 saturated carbocycles. The molecule has 1 amide bonds. The monoisotopic (exact) mass is 231 g/mol. The van der Waals surface area contributed by atoms with E-state index in [1.807, 2.05) is 44.2 Å². The summed E-state index contributed by atoms with van der Waals surface area (Å²) in [6.45, 7) is 4.44. The Balaban J connectivity index is 1.89. The summed E-state index contributed by atoms with van der Waals surface area (Å²) in [7, 11) is 0. The van der Waals surface area contributed by atoms with Crippen molar-refractivity contribution in [3.63, 3.8) is 0 Å². The molecule has 1 aliphatic rings. The SMILES string of the molecule is CC1(C)C(C=O)C1C(=O)NCc1ccccc1. The molecule has 0 aromatic heterocycles. The van der Waals surface area contributed by atoms with Crippen LogP contribution in [0, 0.1) is 17.3 Å². The zero-order chi connectivity index (χ0) is 12.5. The van der Waals surface area contributed by atoms with Crippen LogP contribution in [0.5, 0.6) is 0 Å². The van der Waals surface area contributed by atoms with Crippen LogP contribution in [0.4, 0.5) is 0 Å². The summed E-state index contributed by atoms with van der Waals surface area (Å²) in [6, 6.07) is 9.76. The smallest absolute Gasteiger partial charge is 0.224 e. The molecule has 3 nitrogen and oxygen atoms in total. The summed E-state index contributed by atoms with van der Waals surface area (Å²) in [5.41, 5.74) is 0.893. The van der Waals surface area contributed by atoms with Crippen molar-refractivity contribution in [3.05, 3.63) is 35.9 Å². The van der Waals surface area contributed by atoms with Crippen molar-refractivity contribution in [1.82, 2.24) is 5.32 Å². The summed E-state index contributed by atoms with van der Waals surface area (Å²) in [5.74, 6) is -0.307. The molecule has 1 aliphatic carbocycles. The lowest BCUT2D eigenvalue weighted by molar-refractivity contribution is -0.124. The highest BCUT2D eigenvalue weighted by Crippen LogP contribution is 2.56. The molecule has 0 saturated heterocycles. The number of benzene rings is 1. The van der Waals surface area contributed by atoms with Crippen LogP contribution in [0.3, 0.4) is 0 Å². The van der Waals surface area contributed by atoms with Gasteiger partial charge in [0.05, 0.1) is 5.92 Å². The molecule has 0 spiro atoms. The van der Waals surface area contributed by atoms with Crippen molar-refractivity contribution >= 4 is 12.2 Å². The molecule has 90 valence electrons. The number of aldehydes is 1. The fraction of sp³-hybridized carbons (Fsp3) is 0.429. The van der Waals surface area contributed by atoms with Crippen LogP contribution in [0.15, 0.2) is 30.3 Å². The Morgan fingerprint density at radius 3 is 2.53 bits per heavy atom. The normalized spacial score (nSPS) is 25.1. The topological polar surface area (TPSA) is 46.2 Å². The van der Waals surface area contributed by atoms with E-state index in [0.29, 0.717) is 6.54 Å². The van der Waals surface area contributed by atoms with E-state index >= 15 is 0 Å². The molecule has 0 bridgehead atoms. The Bertz CT molecular complexity index is 425. The number of rotatable bonds is 4. The predicted octanol–water partition coefficient (Wildman–Crippen LogP) is 1.77. The zero-order valence-corrected chi connectivity index (χ0v) is 10.1. The Morgan fingerprint density at radius 2 is 2.00 bits per heavy atom. The van der Waals surface area contributed by atoms with Gasteiger partial charge in [0.15, 0.2) is 0 Å². The summed E-state index contributed by atoms with van der Waals surface area (Å²) in [6.07, 6.45) is 0.896. The third-order valence-corrected chi connectivity index (χ3v) is 3.65. The largest absolute Gasteiger partial charge is 0.352 e. The van der Waals surface area contributed by atoms with E-state index < -0.39 is 0 Å². The molecule has 2 unspecified atom stereocenters. The van der Waals surface area contributed by atoms with Crippen LogP contribution in [0.2, 0.25) is 0 Å². The van der Waals surface area contributed by atoms with Crippen molar-refractivity contribution in [1.29, 1.82) is 0 Å². The number of carbonyl (C=O) groups is 2. The molecule has 1 aromatic rings. The van der Waals surface area contributed by atoms with E-state index in [2.05, 4.69) is 5.32 Å². The Kier molecular flexibility index (Phi) is 3.01. The fourth-order valence-corrected chi connectivity index (χ4v) is 2.33. The number of hydrogen-bond donors (Lipinski definition) is 1. The standard InChI is InChI=1S/C14H17NO2/c1-14(2)11(9-16)12(14)13(17)15-8-10-6-4-3-5-7-10/h3-7,9,11-12H,8H2,1-2H3,(H,15,17). The van der Waals surface area contributed by atoms with Gasteiger partial charge in [0.1, 0.15) is 6.29 Å². The summed E-state index contributed by atoms with van der Waals surface area (Å²) in [5, 5.41) is 2.88. The van der Waals surface area contributed by atoms with Crippen molar-refractivity contribution in [2.45, 2.75) is 20.4 Å². The Labute approximate surface area is 101 Å². The van der Waals surface area contributed by atoms with Gasteiger partial charge in [-0.25, -0.2) is 0 Å². The third-order valence-electron chi connectivity index (χ3n) is 3.65. The maximum atomic E-state index is 11.9.